The van der Waals surface area contributed by atoms with Gasteiger partial charge in [0.25, 0.3) is 5.91 Å². The number of nitrogens with one attached hydrogen (secondary N) is 1. The minimum Gasteiger partial charge on any atom is -0.490 e. The Morgan fingerprint density at radius 1 is 1.14 bits per heavy atom. The molecule has 0 aliphatic carbocycles. The van der Waals surface area contributed by atoms with Crippen molar-refractivity contribution >= 4 is 5.91 Å². The van der Waals surface area contributed by atoms with Crippen molar-refractivity contribution in [3.63, 3.8) is 0 Å². The smallest absolute Gasteiger partial charge is 0.251 e. The number of aromatic nitrogens is 2. The second-order valence-electron chi connectivity index (χ2n) is 6.50. The van der Waals surface area contributed by atoms with E-state index in [1.54, 1.807) is 12.1 Å². The molecule has 1 amide bonds. The van der Waals surface area contributed by atoms with Gasteiger partial charge in [-0.1, -0.05) is 0 Å². The number of carbonyl (C=O) groups is 1. The fourth-order valence-corrected chi connectivity index (χ4v) is 3.30. The Morgan fingerprint density at radius 2 is 1.83 bits per heavy atom. The lowest BCUT2D eigenvalue weighted by Crippen LogP contribution is -2.28. The Bertz CT molecular complexity index is 807. The van der Waals surface area contributed by atoms with Gasteiger partial charge in [0.05, 0.1) is 45.8 Å². The highest BCUT2D eigenvalue weighted by molar-refractivity contribution is 5.95. The minimum absolute atomic E-state index is 0.195. The van der Waals surface area contributed by atoms with Crippen LogP contribution >= 0.6 is 0 Å². The average molecular weight is 403 g/mol. The van der Waals surface area contributed by atoms with Gasteiger partial charge in [-0.05, 0) is 32.9 Å². The van der Waals surface area contributed by atoms with Gasteiger partial charge in [0.1, 0.15) is 0 Å². The molecule has 2 aromatic rings. The first-order valence-electron chi connectivity index (χ1n) is 10.1. The average Bonchev–Trinajstić information content (AvgIpc) is 3.13. The predicted octanol–water partition coefficient (Wildman–Crippen LogP) is 2.58. The highest BCUT2D eigenvalue weighted by atomic mass is 16.5. The standard InChI is InChI=1S/C21H29N3O5/c1-4-27-18-11-15(12-19(28-5-2)20(18)29-6-3)21(25)22-8-9-24-17-7-10-26-14-16(17)13-23-24/h11-13H,4-10,14H2,1-3H3,(H,22,25). The molecule has 29 heavy (non-hydrogen) atoms. The molecule has 2 heterocycles. The van der Waals surface area contributed by atoms with Crippen LogP contribution in [0.15, 0.2) is 18.3 Å². The van der Waals surface area contributed by atoms with Gasteiger partial charge in [0, 0.05) is 29.8 Å². The van der Waals surface area contributed by atoms with Gasteiger partial charge in [-0.3, -0.25) is 9.48 Å². The van der Waals surface area contributed by atoms with Gasteiger partial charge >= 0.3 is 0 Å². The van der Waals surface area contributed by atoms with E-state index in [1.165, 1.54) is 5.69 Å². The van der Waals surface area contributed by atoms with E-state index >= 15 is 0 Å². The zero-order valence-corrected chi connectivity index (χ0v) is 17.3. The zero-order chi connectivity index (χ0) is 20.6. The van der Waals surface area contributed by atoms with Crippen LogP contribution in [0.4, 0.5) is 0 Å². The van der Waals surface area contributed by atoms with Crippen LogP contribution < -0.4 is 19.5 Å². The second-order valence-corrected chi connectivity index (χ2v) is 6.50. The number of hydrogen-bond donors (Lipinski definition) is 1. The SMILES string of the molecule is CCOc1cc(C(=O)NCCn2ncc3c2CCOC3)cc(OCC)c1OCC. The summed E-state index contributed by atoms with van der Waals surface area (Å²) < 4.78 is 24.4. The van der Waals surface area contributed by atoms with Crippen molar-refractivity contribution in [2.45, 2.75) is 40.3 Å². The molecule has 0 bridgehead atoms. The Kier molecular flexibility index (Phi) is 7.35. The maximum Gasteiger partial charge on any atom is 0.251 e. The van der Waals surface area contributed by atoms with Gasteiger partial charge in [0.2, 0.25) is 5.75 Å². The number of carbonyl (C=O) groups excluding carboxylic acids is 1. The normalized spacial score (nSPS) is 12.9. The molecule has 1 aromatic carbocycles. The molecule has 8 heteroatoms. The lowest BCUT2D eigenvalue weighted by atomic mass is 10.1. The Balaban J connectivity index is 1.70. The zero-order valence-electron chi connectivity index (χ0n) is 17.3. The maximum absolute atomic E-state index is 12.7. The fourth-order valence-electron chi connectivity index (χ4n) is 3.30. The molecular formula is C21H29N3O5. The van der Waals surface area contributed by atoms with E-state index in [2.05, 4.69) is 10.4 Å². The summed E-state index contributed by atoms with van der Waals surface area (Å²) in [5.41, 5.74) is 2.77. The first-order chi connectivity index (χ1) is 14.2. The highest BCUT2D eigenvalue weighted by Gasteiger charge is 2.19. The molecule has 0 unspecified atom stereocenters. The van der Waals surface area contributed by atoms with E-state index in [9.17, 15) is 4.79 Å². The van der Waals surface area contributed by atoms with Gasteiger partial charge in [-0.25, -0.2) is 0 Å². The number of amides is 1. The summed E-state index contributed by atoms with van der Waals surface area (Å²) in [7, 11) is 0. The molecule has 1 N–H and O–H groups in total. The monoisotopic (exact) mass is 403 g/mol. The molecule has 1 aromatic heterocycles. The quantitative estimate of drug-likeness (QED) is 0.656. The molecule has 1 aliphatic rings. The molecule has 0 fully saturated rings. The van der Waals surface area contributed by atoms with Gasteiger partial charge in [-0.15, -0.1) is 0 Å². The van der Waals surface area contributed by atoms with E-state index in [0.29, 0.717) is 68.9 Å². The number of fused-ring (bicyclic) bond motifs is 1. The van der Waals surface area contributed by atoms with Crippen molar-refractivity contribution in [1.29, 1.82) is 0 Å². The molecule has 158 valence electrons. The van der Waals surface area contributed by atoms with Crippen LogP contribution in [0.25, 0.3) is 0 Å². The van der Waals surface area contributed by atoms with Crippen molar-refractivity contribution < 1.29 is 23.7 Å². The Labute approximate surface area is 171 Å². The van der Waals surface area contributed by atoms with E-state index in [0.717, 1.165) is 12.0 Å². The number of ether oxygens (including phenoxy) is 4. The molecule has 0 radical (unpaired) electrons. The largest absolute Gasteiger partial charge is 0.490 e. The summed E-state index contributed by atoms with van der Waals surface area (Å²) in [6, 6.07) is 3.39. The first-order valence-corrected chi connectivity index (χ1v) is 10.1. The first kappa shape index (κ1) is 21.0. The number of nitrogens with zero attached hydrogens (tertiary/aromatic N) is 2. The van der Waals surface area contributed by atoms with Crippen molar-refractivity contribution in [2.75, 3.05) is 33.0 Å². The van der Waals surface area contributed by atoms with E-state index in [4.69, 9.17) is 18.9 Å². The number of benzene rings is 1. The van der Waals surface area contributed by atoms with Gasteiger partial charge in [0.15, 0.2) is 11.5 Å². The van der Waals surface area contributed by atoms with Crippen LogP contribution in [0.3, 0.4) is 0 Å². The fraction of sp³-hybridized carbons (Fsp3) is 0.524. The molecule has 0 spiro atoms. The van der Waals surface area contributed by atoms with Crippen LogP contribution in [0, 0.1) is 0 Å². The van der Waals surface area contributed by atoms with Crippen molar-refractivity contribution in [3.8, 4) is 17.2 Å². The van der Waals surface area contributed by atoms with Crippen molar-refractivity contribution in [2.24, 2.45) is 0 Å². The third-order valence-electron chi connectivity index (χ3n) is 4.56. The molecule has 1 aliphatic heterocycles. The molecule has 0 saturated heterocycles. The Morgan fingerprint density at radius 3 is 2.48 bits per heavy atom. The molecule has 8 nitrogen and oxygen atoms in total. The van der Waals surface area contributed by atoms with E-state index < -0.39 is 0 Å². The Hall–Kier alpha value is -2.74. The highest BCUT2D eigenvalue weighted by Crippen LogP contribution is 2.39. The van der Waals surface area contributed by atoms with Gasteiger partial charge in [-0.2, -0.15) is 5.10 Å². The molecule has 0 saturated carbocycles. The summed E-state index contributed by atoms with van der Waals surface area (Å²) in [4.78, 5) is 12.7. The van der Waals surface area contributed by atoms with Gasteiger partial charge < -0.3 is 24.3 Å². The van der Waals surface area contributed by atoms with Crippen LogP contribution in [-0.4, -0.2) is 48.7 Å². The summed E-state index contributed by atoms with van der Waals surface area (Å²) in [5.74, 6) is 1.34. The maximum atomic E-state index is 12.7. The topological polar surface area (TPSA) is 83.8 Å². The van der Waals surface area contributed by atoms with E-state index in [1.807, 2.05) is 31.6 Å². The summed E-state index contributed by atoms with van der Waals surface area (Å²) in [6.45, 7) is 9.46. The van der Waals surface area contributed by atoms with Crippen molar-refractivity contribution in [3.05, 3.63) is 35.2 Å². The number of hydrogen-bond acceptors (Lipinski definition) is 6. The second kappa shape index (κ2) is 10.2. The van der Waals surface area contributed by atoms with Crippen LogP contribution in [0.5, 0.6) is 17.2 Å². The van der Waals surface area contributed by atoms with Crippen molar-refractivity contribution in [1.82, 2.24) is 15.1 Å². The van der Waals surface area contributed by atoms with E-state index in [-0.39, 0.29) is 5.91 Å². The lowest BCUT2D eigenvalue weighted by molar-refractivity contribution is 0.0949. The third-order valence-corrected chi connectivity index (χ3v) is 4.56. The third kappa shape index (κ3) is 5.00. The molecular weight excluding hydrogens is 374 g/mol. The molecule has 3 rings (SSSR count). The van der Waals surface area contributed by atoms with Crippen LogP contribution in [0.2, 0.25) is 0 Å². The summed E-state index contributed by atoms with van der Waals surface area (Å²) >= 11 is 0. The van der Waals surface area contributed by atoms with Crippen LogP contribution in [-0.2, 0) is 24.3 Å². The predicted molar refractivity (Wildman–Crippen MR) is 108 cm³/mol. The number of rotatable bonds is 10. The molecule has 0 atom stereocenters. The summed E-state index contributed by atoms with van der Waals surface area (Å²) in [6.07, 6.45) is 2.68. The minimum atomic E-state index is -0.195. The lowest BCUT2D eigenvalue weighted by Gasteiger charge is -2.17. The summed E-state index contributed by atoms with van der Waals surface area (Å²) in [5, 5.41) is 7.36. The van der Waals surface area contributed by atoms with Crippen LogP contribution in [0.1, 0.15) is 42.4 Å².